The molecule has 1 aliphatic heterocycles. The van der Waals surface area contributed by atoms with E-state index in [-0.39, 0.29) is 12.5 Å². The summed E-state index contributed by atoms with van der Waals surface area (Å²) in [5.41, 5.74) is 6.50. The summed E-state index contributed by atoms with van der Waals surface area (Å²) in [6, 6.07) is 1.81. The van der Waals surface area contributed by atoms with Gasteiger partial charge in [-0.3, -0.25) is 4.79 Å². The molecule has 1 aromatic heterocycles. The van der Waals surface area contributed by atoms with Gasteiger partial charge in [0.1, 0.15) is 18.8 Å². The van der Waals surface area contributed by atoms with Crippen molar-refractivity contribution in [2.24, 2.45) is 5.73 Å². The van der Waals surface area contributed by atoms with E-state index >= 15 is 0 Å². The molecule has 0 saturated carbocycles. The fourth-order valence-electron chi connectivity index (χ4n) is 2.36. The highest BCUT2D eigenvalue weighted by molar-refractivity contribution is 5.97. The fraction of sp³-hybridized carbons (Fsp3) is 0.571. The Morgan fingerprint density at radius 3 is 2.73 bits per heavy atom. The Morgan fingerprint density at radius 1 is 1.36 bits per heavy atom. The van der Waals surface area contributed by atoms with Crippen LogP contribution in [-0.4, -0.2) is 72.9 Å². The number of amides is 1. The third-order valence-electron chi connectivity index (χ3n) is 3.58. The van der Waals surface area contributed by atoms with E-state index < -0.39 is 0 Å². The van der Waals surface area contributed by atoms with Crippen molar-refractivity contribution in [3.05, 3.63) is 18.1 Å². The predicted molar refractivity (Wildman–Crippen MR) is 83.2 cm³/mol. The van der Waals surface area contributed by atoms with E-state index in [1.807, 2.05) is 6.07 Å². The predicted octanol–water partition coefficient (Wildman–Crippen LogP) is -0.512. The topological polar surface area (TPSA) is 108 Å². The first kappa shape index (κ1) is 16.3. The Hall–Kier alpha value is -2.06. The fourth-order valence-corrected chi connectivity index (χ4v) is 2.36. The maximum Gasteiger partial charge on any atom is 0.248 e. The number of aromatic nitrogens is 2. The van der Waals surface area contributed by atoms with Crippen LogP contribution in [-0.2, 0) is 9.53 Å². The van der Waals surface area contributed by atoms with Crippen LogP contribution in [0.4, 0.5) is 5.82 Å². The van der Waals surface area contributed by atoms with Crippen LogP contribution in [0.2, 0.25) is 0 Å². The van der Waals surface area contributed by atoms with Crippen molar-refractivity contribution in [3.8, 4) is 0 Å². The number of rotatable bonds is 6. The molecular weight excluding hydrogens is 284 g/mol. The quantitative estimate of drug-likeness (QED) is 0.685. The lowest BCUT2D eigenvalue weighted by Crippen LogP contribution is -2.50. The first-order valence-corrected chi connectivity index (χ1v) is 7.27. The van der Waals surface area contributed by atoms with Crippen molar-refractivity contribution < 1.29 is 9.53 Å². The average molecular weight is 306 g/mol. The highest BCUT2D eigenvalue weighted by atomic mass is 16.5. The summed E-state index contributed by atoms with van der Waals surface area (Å²) in [5.74, 6) is 0.792. The molecule has 1 amide bonds. The lowest BCUT2D eigenvalue weighted by molar-refractivity contribution is -0.135. The van der Waals surface area contributed by atoms with Crippen LogP contribution in [0.5, 0.6) is 0 Å². The number of piperazine rings is 1. The monoisotopic (exact) mass is 306 g/mol. The highest BCUT2D eigenvalue weighted by Crippen LogP contribution is 2.14. The standard InChI is InChI=1S/C14H22N6O2/c1-22-9-14(21)20-6-4-19(5-7-20)13-8-12(17-10-18-13)11(16)2-3-15/h8,10,16H,2-7,9,15H2,1H3. The SMILES string of the molecule is COCC(=O)N1CCN(c2cc(C(=N)CCN)ncn2)CC1. The van der Waals surface area contributed by atoms with Gasteiger partial charge in [0.15, 0.2) is 0 Å². The maximum absolute atomic E-state index is 11.8. The number of methoxy groups -OCH3 is 1. The molecule has 8 heteroatoms. The summed E-state index contributed by atoms with van der Waals surface area (Å²) in [5, 5.41) is 7.92. The zero-order valence-electron chi connectivity index (χ0n) is 12.8. The number of hydrogen-bond acceptors (Lipinski definition) is 7. The molecule has 0 spiro atoms. The molecule has 1 aliphatic rings. The van der Waals surface area contributed by atoms with Crippen LogP contribution in [0.3, 0.4) is 0 Å². The third-order valence-corrected chi connectivity index (χ3v) is 3.58. The Balaban J connectivity index is 1.98. The van der Waals surface area contributed by atoms with E-state index in [1.54, 1.807) is 4.90 Å². The molecule has 8 nitrogen and oxygen atoms in total. The van der Waals surface area contributed by atoms with E-state index in [1.165, 1.54) is 13.4 Å². The first-order chi connectivity index (χ1) is 10.7. The molecule has 1 fully saturated rings. The van der Waals surface area contributed by atoms with Crippen molar-refractivity contribution >= 4 is 17.4 Å². The number of nitrogens with two attached hydrogens (primary N) is 1. The van der Waals surface area contributed by atoms with E-state index in [4.69, 9.17) is 15.9 Å². The van der Waals surface area contributed by atoms with Crippen molar-refractivity contribution in [1.29, 1.82) is 5.41 Å². The van der Waals surface area contributed by atoms with Crippen LogP contribution in [0, 0.1) is 5.41 Å². The molecule has 1 aromatic rings. The first-order valence-electron chi connectivity index (χ1n) is 7.27. The molecule has 0 unspecified atom stereocenters. The minimum Gasteiger partial charge on any atom is -0.375 e. The summed E-state index contributed by atoms with van der Waals surface area (Å²) in [7, 11) is 1.52. The molecule has 2 rings (SSSR count). The number of ether oxygens (including phenoxy) is 1. The summed E-state index contributed by atoms with van der Waals surface area (Å²) in [6.45, 7) is 3.24. The largest absolute Gasteiger partial charge is 0.375 e. The minimum atomic E-state index is 0.00949. The number of nitrogens with zero attached hydrogens (tertiary/aromatic N) is 4. The third kappa shape index (κ3) is 3.99. The van der Waals surface area contributed by atoms with Gasteiger partial charge in [0.25, 0.3) is 0 Å². The number of carbonyl (C=O) groups excluding carboxylic acids is 1. The zero-order chi connectivity index (χ0) is 15.9. The average Bonchev–Trinajstić information content (AvgIpc) is 2.55. The minimum absolute atomic E-state index is 0.00949. The second-order valence-corrected chi connectivity index (χ2v) is 5.08. The number of carbonyl (C=O) groups is 1. The molecule has 120 valence electrons. The smallest absolute Gasteiger partial charge is 0.248 e. The lowest BCUT2D eigenvalue weighted by atomic mass is 10.2. The second-order valence-electron chi connectivity index (χ2n) is 5.08. The molecule has 1 saturated heterocycles. The van der Waals surface area contributed by atoms with Gasteiger partial charge in [-0.05, 0) is 6.54 Å². The van der Waals surface area contributed by atoms with E-state index in [0.717, 1.165) is 5.82 Å². The van der Waals surface area contributed by atoms with Gasteiger partial charge < -0.3 is 25.7 Å². The van der Waals surface area contributed by atoms with E-state index in [9.17, 15) is 4.79 Å². The maximum atomic E-state index is 11.8. The highest BCUT2D eigenvalue weighted by Gasteiger charge is 2.22. The summed E-state index contributed by atoms with van der Waals surface area (Å²) in [6.07, 6.45) is 1.97. The Labute approximate surface area is 129 Å². The summed E-state index contributed by atoms with van der Waals surface area (Å²) < 4.78 is 4.87. The molecule has 0 aliphatic carbocycles. The van der Waals surface area contributed by atoms with E-state index in [2.05, 4.69) is 14.9 Å². The normalized spacial score (nSPS) is 15.0. The van der Waals surface area contributed by atoms with Gasteiger partial charge >= 0.3 is 0 Å². The molecule has 0 atom stereocenters. The van der Waals surface area contributed by atoms with Gasteiger partial charge in [0.2, 0.25) is 5.91 Å². The Kier molecular flexibility index (Phi) is 5.79. The molecule has 0 radical (unpaired) electrons. The Morgan fingerprint density at radius 2 is 2.09 bits per heavy atom. The molecular formula is C14H22N6O2. The molecule has 2 heterocycles. The van der Waals surface area contributed by atoms with Crippen LogP contribution in [0.15, 0.2) is 12.4 Å². The van der Waals surface area contributed by atoms with Gasteiger partial charge in [-0.15, -0.1) is 0 Å². The molecule has 0 bridgehead atoms. The molecule has 3 N–H and O–H groups in total. The number of nitrogens with one attached hydrogen (secondary N) is 1. The van der Waals surface area contributed by atoms with Gasteiger partial charge in [-0.25, -0.2) is 9.97 Å². The zero-order valence-corrected chi connectivity index (χ0v) is 12.8. The van der Waals surface area contributed by atoms with Crippen molar-refractivity contribution in [2.75, 3.05) is 51.3 Å². The van der Waals surface area contributed by atoms with Crippen molar-refractivity contribution in [3.63, 3.8) is 0 Å². The van der Waals surface area contributed by atoms with Crippen molar-refractivity contribution in [2.45, 2.75) is 6.42 Å². The van der Waals surface area contributed by atoms with E-state index in [0.29, 0.717) is 50.6 Å². The van der Waals surface area contributed by atoms with Gasteiger partial charge in [0, 0.05) is 45.8 Å². The van der Waals surface area contributed by atoms with Crippen LogP contribution in [0.1, 0.15) is 12.1 Å². The second kappa shape index (κ2) is 7.81. The number of hydrogen-bond donors (Lipinski definition) is 2. The van der Waals surface area contributed by atoms with Gasteiger partial charge in [-0.1, -0.05) is 0 Å². The van der Waals surface area contributed by atoms with Gasteiger partial charge in [0.05, 0.1) is 11.4 Å². The van der Waals surface area contributed by atoms with Crippen LogP contribution in [0.25, 0.3) is 0 Å². The van der Waals surface area contributed by atoms with Crippen LogP contribution >= 0.6 is 0 Å². The number of anilines is 1. The lowest BCUT2D eigenvalue weighted by Gasteiger charge is -2.35. The summed E-state index contributed by atoms with van der Waals surface area (Å²) in [4.78, 5) is 24.1. The Bertz CT molecular complexity index is 528. The summed E-state index contributed by atoms with van der Waals surface area (Å²) >= 11 is 0. The van der Waals surface area contributed by atoms with Crippen LogP contribution < -0.4 is 10.6 Å². The van der Waals surface area contributed by atoms with Crippen molar-refractivity contribution in [1.82, 2.24) is 14.9 Å². The van der Waals surface area contributed by atoms with Gasteiger partial charge in [-0.2, -0.15) is 0 Å². The molecule has 22 heavy (non-hydrogen) atoms. The molecule has 0 aromatic carbocycles.